The number of nitrogens with one attached hydrogen (secondary N) is 1. The molecule has 2 heterocycles. The van der Waals surface area contributed by atoms with Crippen LogP contribution in [0.4, 0.5) is 0 Å². The third kappa shape index (κ3) is 2.84. The summed E-state index contributed by atoms with van der Waals surface area (Å²) in [5, 5.41) is 3.04. The van der Waals surface area contributed by atoms with Crippen molar-refractivity contribution in [3.63, 3.8) is 0 Å². The zero-order valence-electron chi connectivity index (χ0n) is 13.0. The molecule has 24 heavy (non-hydrogen) atoms. The Kier molecular flexibility index (Phi) is 3.67. The average Bonchev–Trinajstić information content (AvgIpc) is 3.05. The summed E-state index contributed by atoms with van der Waals surface area (Å²) in [6, 6.07) is 21.4. The van der Waals surface area contributed by atoms with Crippen LogP contribution in [0.15, 0.2) is 71.5 Å². The number of fused-ring (bicyclic) bond motifs is 1. The fraction of sp³-hybridized carbons (Fsp3) is 0.105. The van der Waals surface area contributed by atoms with Crippen LogP contribution in [0, 0.1) is 0 Å². The van der Waals surface area contributed by atoms with Crippen LogP contribution in [0.5, 0.6) is 0 Å². The van der Waals surface area contributed by atoms with Gasteiger partial charge in [-0.1, -0.05) is 60.7 Å². The Morgan fingerprint density at radius 1 is 0.875 bits per heavy atom. The lowest BCUT2D eigenvalue weighted by Gasteiger charge is -1.99. The molecule has 0 bridgehead atoms. The molecule has 0 saturated carbocycles. The van der Waals surface area contributed by atoms with Crippen LogP contribution in [0.2, 0.25) is 0 Å². The predicted molar refractivity (Wildman–Crippen MR) is 92.9 cm³/mol. The van der Waals surface area contributed by atoms with Crippen molar-refractivity contribution in [2.24, 2.45) is 0 Å². The van der Waals surface area contributed by atoms with E-state index in [1.54, 1.807) is 0 Å². The molecule has 0 radical (unpaired) electrons. The topological polar surface area (TPSA) is 63.0 Å². The first-order chi connectivity index (χ1) is 11.8. The maximum absolute atomic E-state index is 12.3. The van der Waals surface area contributed by atoms with Crippen LogP contribution in [-0.2, 0) is 12.8 Å². The zero-order valence-corrected chi connectivity index (χ0v) is 13.0. The van der Waals surface area contributed by atoms with Gasteiger partial charge in [0.05, 0.1) is 5.69 Å². The molecule has 0 atom stereocenters. The first-order valence-electron chi connectivity index (χ1n) is 7.88. The van der Waals surface area contributed by atoms with Crippen molar-refractivity contribution in [1.82, 2.24) is 19.6 Å². The molecule has 0 fully saturated rings. The summed E-state index contributed by atoms with van der Waals surface area (Å²) >= 11 is 0. The molecule has 2 aromatic carbocycles. The Hall–Kier alpha value is -3.21. The predicted octanol–water partition coefficient (Wildman–Crippen LogP) is 2.87. The summed E-state index contributed by atoms with van der Waals surface area (Å²) in [7, 11) is 0. The molecule has 1 N–H and O–H groups in total. The molecule has 0 amide bonds. The van der Waals surface area contributed by atoms with E-state index in [4.69, 9.17) is 0 Å². The highest BCUT2D eigenvalue weighted by molar-refractivity contribution is 5.60. The van der Waals surface area contributed by atoms with Gasteiger partial charge in [-0.3, -0.25) is 9.89 Å². The van der Waals surface area contributed by atoms with Crippen molar-refractivity contribution >= 4 is 5.78 Å². The molecule has 5 nitrogen and oxygen atoms in total. The second-order valence-electron chi connectivity index (χ2n) is 5.64. The van der Waals surface area contributed by atoms with Gasteiger partial charge in [0.25, 0.3) is 11.3 Å². The molecule has 4 aromatic rings. The highest BCUT2D eigenvalue weighted by Gasteiger charge is 2.09. The lowest BCUT2D eigenvalue weighted by atomic mass is 10.1. The number of benzene rings is 2. The summed E-state index contributed by atoms with van der Waals surface area (Å²) < 4.78 is 1.40. The fourth-order valence-corrected chi connectivity index (χ4v) is 2.70. The molecule has 0 aliphatic heterocycles. The first-order valence-corrected chi connectivity index (χ1v) is 7.88. The highest BCUT2D eigenvalue weighted by atomic mass is 16.1. The molecule has 0 aliphatic rings. The number of H-pyrrole nitrogens is 1. The van der Waals surface area contributed by atoms with E-state index >= 15 is 0 Å². The molecule has 118 valence electrons. The Labute approximate surface area is 138 Å². The third-order valence-corrected chi connectivity index (χ3v) is 3.94. The van der Waals surface area contributed by atoms with Crippen LogP contribution in [0.3, 0.4) is 0 Å². The van der Waals surface area contributed by atoms with Crippen LogP contribution in [0.25, 0.3) is 17.0 Å². The summed E-state index contributed by atoms with van der Waals surface area (Å²) in [6.07, 6.45) is 1.59. The van der Waals surface area contributed by atoms with Crippen LogP contribution < -0.4 is 5.56 Å². The summed E-state index contributed by atoms with van der Waals surface area (Å²) in [4.78, 5) is 21.3. The molecule has 4 rings (SSSR count). The minimum atomic E-state index is -0.155. The standard InChI is InChI=1S/C19H16N4O/c24-18-13-16(15-9-5-2-6-10-15)20-19-21-17(22-23(18)19)12-11-14-7-3-1-4-8-14/h1-10,13H,11-12H2,(H,20,21,22). The summed E-state index contributed by atoms with van der Waals surface area (Å²) in [5.74, 6) is 1.16. The Bertz CT molecular complexity index is 1020. The summed E-state index contributed by atoms with van der Waals surface area (Å²) in [5.41, 5.74) is 2.63. The quantitative estimate of drug-likeness (QED) is 0.630. The van der Waals surface area contributed by atoms with Gasteiger partial charge in [-0.2, -0.15) is 9.50 Å². The van der Waals surface area contributed by atoms with Gasteiger partial charge in [-0.05, 0) is 12.0 Å². The maximum atomic E-state index is 12.3. The highest BCUT2D eigenvalue weighted by Crippen LogP contribution is 2.15. The van der Waals surface area contributed by atoms with Gasteiger partial charge in [-0.25, -0.2) is 4.98 Å². The Morgan fingerprint density at radius 3 is 2.33 bits per heavy atom. The van der Waals surface area contributed by atoms with E-state index in [0.717, 1.165) is 24.2 Å². The van der Waals surface area contributed by atoms with Crippen molar-refractivity contribution in [3.8, 4) is 11.3 Å². The molecular weight excluding hydrogens is 300 g/mol. The molecular formula is C19H16N4O. The molecule has 0 unspecified atom stereocenters. The number of hydrogen-bond acceptors (Lipinski definition) is 3. The number of aromatic amines is 1. The molecule has 0 spiro atoms. The SMILES string of the molecule is O=c1cc(-c2ccccc2)nc2nc(CCc3ccccc3)[nH]n12. The first kappa shape index (κ1) is 14.4. The van der Waals surface area contributed by atoms with E-state index in [1.165, 1.54) is 16.1 Å². The second kappa shape index (κ2) is 6.12. The molecule has 0 saturated heterocycles. The fourth-order valence-electron chi connectivity index (χ4n) is 2.70. The van der Waals surface area contributed by atoms with Crippen molar-refractivity contribution in [2.45, 2.75) is 12.8 Å². The molecule has 5 heteroatoms. The smallest absolute Gasteiger partial charge is 0.274 e. The van der Waals surface area contributed by atoms with Gasteiger partial charge in [0.15, 0.2) is 0 Å². The number of aryl methyl sites for hydroxylation is 2. The minimum Gasteiger partial charge on any atom is -0.275 e. The number of aromatic nitrogens is 4. The van der Waals surface area contributed by atoms with E-state index in [0.29, 0.717) is 11.5 Å². The minimum absolute atomic E-state index is 0.155. The van der Waals surface area contributed by atoms with E-state index in [1.807, 2.05) is 48.5 Å². The lowest BCUT2D eigenvalue weighted by molar-refractivity contribution is 0.821. The normalized spacial score (nSPS) is 11.0. The Balaban J connectivity index is 1.65. The monoisotopic (exact) mass is 316 g/mol. The average molecular weight is 316 g/mol. The summed E-state index contributed by atoms with van der Waals surface area (Å²) in [6.45, 7) is 0. The van der Waals surface area contributed by atoms with Crippen LogP contribution in [-0.4, -0.2) is 19.6 Å². The van der Waals surface area contributed by atoms with Crippen molar-refractivity contribution < 1.29 is 0 Å². The van der Waals surface area contributed by atoms with Gasteiger partial charge < -0.3 is 0 Å². The van der Waals surface area contributed by atoms with Gasteiger partial charge in [0.2, 0.25) is 0 Å². The lowest BCUT2D eigenvalue weighted by Crippen LogP contribution is -2.14. The Morgan fingerprint density at radius 2 is 1.58 bits per heavy atom. The van der Waals surface area contributed by atoms with E-state index in [2.05, 4.69) is 27.2 Å². The van der Waals surface area contributed by atoms with Gasteiger partial charge in [0.1, 0.15) is 5.82 Å². The second-order valence-corrected chi connectivity index (χ2v) is 5.64. The van der Waals surface area contributed by atoms with Gasteiger partial charge in [-0.15, -0.1) is 0 Å². The van der Waals surface area contributed by atoms with E-state index in [9.17, 15) is 4.79 Å². The number of nitrogens with zero attached hydrogens (tertiary/aromatic N) is 3. The molecule has 0 aliphatic carbocycles. The third-order valence-electron chi connectivity index (χ3n) is 3.94. The van der Waals surface area contributed by atoms with E-state index in [-0.39, 0.29) is 5.56 Å². The number of rotatable bonds is 4. The van der Waals surface area contributed by atoms with Gasteiger partial charge >= 0.3 is 0 Å². The largest absolute Gasteiger partial charge is 0.275 e. The van der Waals surface area contributed by atoms with E-state index < -0.39 is 0 Å². The van der Waals surface area contributed by atoms with Gasteiger partial charge in [0, 0.05) is 18.1 Å². The van der Waals surface area contributed by atoms with Crippen molar-refractivity contribution in [3.05, 3.63) is 88.5 Å². The van der Waals surface area contributed by atoms with Crippen molar-refractivity contribution in [1.29, 1.82) is 0 Å². The maximum Gasteiger partial charge on any atom is 0.274 e. The number of hydrogen-bond donors (Lipinski definition) is 1. The van der Waals surface area contributed by atoms with Crippen molar-refractivity contribution in [2.75, 3.05) is 0 Å². The van der Waals surface area contributed by atoms with Crippen LogP contribution in [0.1, 0.15) is 11.4 Å². The zero-order chi connectivity index (χ0) is 16.4. The van der Waals surface area contributed by atoms with Crippen LogP contribution >= 0.6 is 0 Å². The molecule has 2 aromatic heterocycles.